The topological polar surface area (TPSA) is 75.5 Å². The Labute approximate surface area is 178 Å². The highest BCUT2D eigenvalue weighted by molar-refractivity contribution is 7.98. The second-order valence-electron chi connectivity index (χ2n) is 7.41. The number of nitrogens with zero attached hydrogens (tertiary/aromatic N) is 2. The molecule has 0 radical (unpaired) electrons. The van der Waals surface area contributed by atoms with Gasteiger partial charge in [-0.1, -0.05) is 13.0 Å². The van der Waals surface area contributed by atoms with Crippen LogP contribution in [0.4, 0.5) is 0 Å². The second-order valence-corrected chi connectivity index (χ2v) is 9.65. The Hall–Kier alpha value is -2.32. The first-order valence-electron chi connectivity index (χ1n) is 9.79. The lowest BCUT2D eigenvalue weighted by Crippen LogP contribution is -2.41. The molecule has 3 aromatic heterocycles. The van der Waals surface area contributed by atoms with E-state index in [9.17, 15) is 9.59 Å². The molecule has 1 aliphatic carbocycles. The molecule has 0 bridgehead atoms. The highest BCUT2D eigenvalue weighted by Crippen LogP contribution is 2.32. The van der Waals surface area contributed by atoms with Crippen molar-refractivity contribution in [1.82, 2.24) is 20.2 Å². The summed E-state index contributed by atoms with van der Waals surface area (Å²) in [5.41, 5.74) is 8.27. The van der Waals surface area contributed by atoms with Crippen LogP contribution >= 0.6 is 23.1 Å². The summed E-state index contributed by atoms with van der Waals surface area (Å²) in [7, 11) is 0. The molecule has 6 nitrogen and oxygen atoms in total. The van der Waals surface area contributed by atoms with Gasteiger partial charge in [-0.25, -0.2) is 4.98 Å². The zero-order valence-electron chi connectivity index (χ0n) is 16.3. The molecule has 1 aliphatic rings. The maximum atomic E-state index is 12.3. The van der Waals surface area contributed by atoms with Crippen molar-refractivity contribution in [3.8, 4) is 0 Å². The highest BCUT2D eigenvalue weighted by atomic mass is 32.2. The van der Waals surface area contributed by atoms with Crippen molar-refractivity contribution >= 4 is 40.6 Å². The summed E-state index contributed by atoms with van der Waals surface area (Å²) < 4.78 is 1.99. The molecule has 1 atom stereocenters. The Balaban J connectivity index is 1.17. The lowest BCUT2D eigenvalue weighted by molar-refractivity contribution is -0.121. The third kappa shape index (κ3) is 5.00. The second kappa shape index (κ2) is 9.00. The van der Waals surface area contributed by atoms with Crippen LogP contribution in [0.25, 0.3) is 5.65 Å². The van der Waals surface area contributed by atoms with Gasteiger partial charge < -0.3 is 4.40 Å². The monoisotopic (exact) mass is 428 g/mol. The average molecular weight is 429 g/mol. The van der Waals surface area contributed by atoms with E-state index in [0.717, 1.165) is 29.9 Å². The normalized spacial score (nSPS) is 15.8. The van der Waals surface area contributed by atoms with Crippen molar-refractivity contribution in [2.24, 2.45) is 5.92 Å². The van der Waals surface area contributed by atoms with Gasteiger partial charge in [-0.2, -0.15) is 11.8 Å². The number of thioether (sulfide) groups is 1. The lowest BCUT2D eigenvalue weighted by atomic mass is 9.90. The molecule has 0 unspecified atom stereocenters. The number of carbonyl (C=O) groups is 2. The lowest BCUT2D eigenvalue weighted by Gasteiger charge is -2.16. The first-order valence-corrected chi connectivity index (χ1v) is 11.8. The number of thiophene rings is 1. The Morgan fingerprint density at radius 3 is 3.10 bits per heavy atom. The van der Waals surface area contributed by atoms with Crippen LogP contribution in [0.5, 0.6) is 0 Å². The quantitative estimate of drug-likeness (QED) is 0.465. The molecule has 4 rings (SSSR count). The van der Waals surface area contributed by atoms with Crippen LogP contribution in [-0.2, 0) is 23.4 Å². The van der Waals surface area contributed by atoms with Gasteiger partial charge in [0.1, 0.15) is 5.65 Å². The third-order valence-electron chi connectivity index (χ3n) is 5.01. The number of aromatic nitrogens is 2. The molecule has 3 heterocycles. The standard InChI is InChI=1S/C21H24N4O2S2/c1-14-5-6-17-15(10-14)11-18(29-17)21(27)24-23-20(26)7-9-28-13-16-12-25-8-3-2-4-19(25)22-16/h2-4,8,11-12,14H,5-7,9-10,13H2,1H3,(H,23,26)(H,24,27)/t14-/m0/s1. The SMILES string of the molecule is C[C@H]1CCc2sc(C(=O)NNC(=O)CCSCc3cn4ccccc4n3)cc2C1. The molecule has 0 aromatic carbocycles. The molecule has 0 aliphatic heterocycles. The van der Waals surface area contributed by atoms with Crippen molar-refractivity contribution in [2.45, 2.75) is 38.4 Å². The van der Waals surface area contributed by atoms with Crippen LogP contribution in [-0.4, -0.2) is 27.0 Å². The van der Waals surface area contributed by atoms with Crippen LogP contribution in [0.2, 0.25) is 0 Å². The molecule has 29 heavy (non-hydrogen) atoms. The largest absolute Gasteiger partial charge is 0.307 e. The molecule has 0 spiro atoms. The molecule has 152 valence electrons. The van der Waals surface area contributed by atoms with Crippen LogP contribution < -0.4 is 10.9 Å². The van der Waals surface area contributed by atoms with Crippen LogP contribution in [0.15, 0.2) is 36.7 Å². The van der Waals surface area contributed by atoms with Crippen LogP contribution in [0.1, 0.15) is 45.6 Å². The number of nitrogens with one attached hydrogen (secondary N) is 2. The van der Waals surface area contributed by atoms with Gasteiger partial charge in [-0.05, 0) is 48.9 Å². The molecule has 2 N–H and O–H groups in total. The molecule has 0 fully saturated rings. The smallest absolute Gasteiger partial charge is 0.279 e. The summed E-state index contributed by atoms with van der Waals surface area (Å²) in [5.74, 6) is 1.67. The average Bonchev–Trinajstić information content (AvgIpc) is 3.32. The van der Waals surface area contributed by atoms with Crippen molar-refractivity contribution in [3.63, 3.8) is 0 Å². The zero-order chi connectivity index (χ0) is 20.2. The number of aryl methyl sites for hydroxylation is 1. The van der Waals surface area contributed by atoms with E-state index in [0.29, 0.717) is 23.0 Å². The van der Waals surface area contributed by atoms with Gasteiger partial charge in [0.15, 0.2) is 0 Å². The molecule has 0 saturated carbocycles. The number of rotatable bonds is 6. The summed E-state index contributed by atoms with van der Waals surface area (Å²) in [5, 5.41) is 0. The fraction of sp³-hybridized carbons (Fsp3) is 0.381. The number of imidazole rings is 1. The molecule has 0 saturated heterocycles. The fourth-order valence-electron chi connectivity index (χ4n) is 3.47. The van der Waals surface area contributed by atoms with E-state index < -0.39 is 0 Å². The fourth-order valence-corrected chi connectivity index (χ4v) is 5.39. The van der Waals surface area contributed by atoms with Gasteiger partial charge in [0.05, 0.1) is 10.6 Å². The maximum absolute atomic E-state index is 12.3. The number of hydrogen-bond acceptors (Lipinski definition) is 5. The Kier molecular flexibility index (Phi) is 6.20. The van der Waals surface area contributed by atoms with Gasteiger partial charge in [-0.15, -0.1) is 11.3 Å². The van der Waals surface area contributed by atoms with Gasteiger partial charge in [-0.3, -0.25) is 20.4 Å². The van der Waals surface area contributed by atoms with E-state index in [1.165, 1.54) is 16.9 Å². The summed E-state index contributed by atoms with van der Waals surface area (Å²) >= 11 is 3.19. The van der Waals surface area contributed by atoms with Crippen molar-refractivity contribution in [1.29, 1.82) is 0 Å². The molecular weight excluding hydrogens is 404 g/mol. The van der Waals surface area contributed by atoms with Crippen molar-refractivity contribution < 1.29 is 9.59 Å². The maximum Gasteiger partial charge on any atom is 0.279 e. The van der Waals surface area contributed by atoms with Crippen LogP contribution in [0, 0.1) is 5.92 Å². The van der Waals surface area contributed by atoms with Crippen molar-refractivity contribution in [2.75, 3.05) is 5.75 Å². The zero-order valence-corrected chi connectivity index (χ0v) is 17.9. The predicted molar refractivity (Wildman–Crippen MR) is 117 cm³/mol. The molecule has 8 heteroatoms. The Morgan fingerprint density at radius 1 is 1.34 bits per heavy atom. The van der Waals surface area contributed by atoms with Crippen molar-refractivity contribution in [3.05, 3.63) is 57.7 Å². The predicted octanol–water partition coefficient (Wildman–Crippen LogP) is 3.61. The Morgan fingerprint density at radius 2 is 2.24 bits per heavy atom. The number of pyridine rings is 1. The minimum absolute atomic E-state index is 0.184. The van der Waals surface area contributed by atoms with Gasteiger partial charge in [0, 0.05) is 35.2 Å². The van der Waals surface area contributed by atoms with E-state index >= 15 is 0 Å². The molecular formula is C21H24N4O2S2. The third-order valence-corrected chi connectivity index (χ3v) is 7.23. The minimum Gasteiger partial charge on any atom is -0.307 e. The van der Waals surface area contributed by atoms with E-state index in [-0.39, 0.29) is 11.8 Å². The van der Waals surface area contributed by atoms with E-state index in [1.807, 2.05) is 41.1 Å². The summed E-state index contributed by atoms with van der Waals surface area (Å²) in [4.78, 5) is 30.9. The van der Waals surface area contributed by atoms with Gasteiger partial charge in [0.25, 0.3) is 5.91 Å². The molecule has 3 aromatic rings. The number of hydrazine groups is 1. The van der Waals surface area contributed by atoms with Gasteiger partial charge >= 0.3 is 0 Å². The van der Waals surface area contributed by atoms with Crippen LogP contribution in [0.3, 0.4) is 0 Å². The minimum atomic E-state index is -0.234. The summed E-state index contributed by atoms with van der Waals surface area (Å²) in [6.07, 6.45) is 7.58. The van der Waals surface area contributed by atoms with E-state index in [1.54, 1.807) is 23.1 Å². The number of hydrogen-bond donors (Lipinski definition) is 2. The Bertz CT molecular complexity index is 994. The van der Waals surface area contributed by atoms with E-state index in [2.05, 4.69) is 22.8 Å². The molecule has 2 amide bonds. The van der Waals surface area contributed by atoms with Gasteiger partial charge in [0.2, 0.25) is 5.91 Å². The number of carbonyl (C=O) groups excluding carboxylic acids is 2. The first kappa shape index (κ1) is 20.0. The first-order chi connectivity index (χ1) is 14.1. The summed E-state index contributed by atoms with van der Waals surface area (Å²) in [6.45, 7) is 2.24. The summed E-state index contributed by atoms with van der Waals surface area (Å²) in [6, 6.07) is 7.87. The highest BCUT2D eigenvalue weighted by Gasteiger charge is 2.20. The van der Waals surface area contributed by atoms with E-state index in [4.69, 9.17) is 0 Å². The number of fused-ring (bicyclic) bond motifs is 2. The number of amides is 2.